The summed E-state index contributed by atoms with van der Waals surface area (Å²) in [6.07, 6.45) is 3.23. The second-order valence-corrected chi connectivity index (χ2v) is 5.81. The van der Waals surface area contributed by atoms with E-state index >= 15 is 0 Å². The maximum atomic E-state index is 12.6. The number of furan rings is 1. The first-order chi connectivity index (χ1) is 8.43. The average molecular weight is 248 g/mol. The summed E-state index contributed by atoms with van der Waals surface area (Å²) >= 11 is 0. The molecule has 18 heavy (non-hydrogen) atoms. The topological polar surface area (TPSA) is 67.5 Å². The lowest BCUT2D eigenvalue weighted by Gasteiger charge is -2.44. The third kappa shape index (κ3) is 1.02. The molecule has 3 rings (SSSR count). The summed E-state index contributed by atoms with van der Waals surface area (Å²) in [5, 5.41) is 9.72. The van der Waals surface area contributed by atoms with Gasteiger partial charge in [-0.15, -0.1) is 0 Å². The van der Waals surface area contributed by atoms with Crippen molar-refractivity contribution in [3.8, 4) is 0 Å². The van der Waals surface area contributed by atoms with Crippen LogP contribution in [-0.2, 0) is 11.2 Å². The van der Waals surface area contributed by atoms with Gasteiger partial charge >= 0.3 is 5.97 Å². The quantitative estimate of drug-likeness (QED) is 0.829. The van der Waals surface area contributed by atoms with Crippen LogP contribution in [0.4, 0.5) is 0 Å². The van der Waals surface area contributed by atoms with Crippen LogP contribution in [0.15, 0.2) is 16.7 Å². The Bertz CT molecular complexity index is 544. The molecule has 1 aromatic rings. The average Bonchev–Trinajstić information content (AvgIpc) is 2.87. The van der Waals surface area contributed by atoms with E-state index in [0.717, 1.165) is 6.42 Å². The molecule has 1 N–H and O–H groups in total. The minimum absolute atomic E-state index is 0.0119. The number of fused-ring (bicyclic) bond motifs is 2. The number of carboxylic acid groups (broad SMARTS) is 1. The van der Waals surface area contributed by atoms with Gasteiger partial charge in [-0.2, -0.15) is 0 Å². The van der Waals surface area contributed by atoms with E-state index < -0.39 is 16.8 Å². The van der Waals surface area contributed by atoms with Crippen molar-refractivity contribution in [2.75, 3.05) is 0 Å². The van der Waals surface area contributed by atoms with Crippen LogP contribution in [0, 0.1) is 16.7 Å². The summed E-state index contributed by atoms with van der Waals surface area (Å²) in [6.45, 7) is 3.74. The lowest BCUT2D eigenvalue weighted by molar-refractivity contribution is -0.157. The molecule has 0 aliphatic heterocycles. The zero-order valence-corrected chi connectivity index (χ0v) is 10.5. The number of aliphatic carboxylic acids is 1. The van der Waals surface area contributed by atoms with Gasteiger partial charge < -0.3 is 9.52 Å². The second-order valence-electron chi connectivity index (χ2n) is 5.81. The van der Waals surface area contributed by atoms with Crippen LogP contribution in [0.2, 0.25) is 0 Å². The summed E-state index contributed by atoms with van der Waals surface area (Å²) in [6, 6.07) is 1.66. The third-order valence-corrected chi connectivity index (χ3v) is 5.22. The van der Waals surface area contributed by atoms with E-state index in [4.69, 9.17) is 4.42 Å². The summed E-state index contributed by atoms with van der Waals surface area (Å²) in [5.41, 5.74) is -1.23. The molecule has 0 spiro atoms. The Morgan fingerprint density at radius 1 is 1.56 bits per heavy atom. The van der Waals surface area contributed by atoms with Gasteiger partial charge in [0.2, 0.25) is 0 Å². The number of carboxylic acids is 1. The smallest absolute Gasteiger partial charge is 0.311 e. The Balaban J connectivity index is 2.26. The van der Waals surface area contributed by atoms with Crippen molar-refractivity contribution in [2.24, 2.45) is 16.7 Å². The van der Waals surface area contributed by atoms with Crippen molar-refractivity contribution in [3.05, 3.63) is 23.7 Å². The third-order valence-electron chi connectivity index (χ3n) is 5.22. The van der Waals surface area contributed by atoms with Crippen LogP contribution in [0.1, 0.15) is 42.8 Å². The predicted molar refractivity (Wildman–Crippen MR) is 63.3 cm³/mol. The lowest BCUT2D eigenvalue weighted by atomic mass is 9.55. The van der Waals surface area contributed by atoms with Crippen LogP contribution in [0.3, 0.4) is 0 Å². The Morgan fingerprint density at radius 2 is 2.28 bits per heavy atom. The van der Waals surface area contributed by atoms with Gasteiger partial charge in [0.25, 0.3) is 0 Å². The molecule has 1 heterocycles. The first kappa shape index (κ1) is 11.5. The zero-order chi connectivity index (χ0) is 13.1. The molecule has 1 aromatic heterocycles. The van der Waals surface area contributed by atoms with Gasteiger partial charge in [-0.1, -0.05) is 13.8 Å². The van der Waals surface area contributed by atoms with Crippen molar-refractivity contribution in [2.45, 2.75) is 33.1 Å². The first-order valence-electron chi connectivity index (χ1n) is 6.28. The van der Waals surface area contributed by atoms with Crippen LogP contribution in [-0.4, -0.2) is 16.9 Å². The summed E-state index contributed by atoms with van der Waals surface area (Å²) < 4.78 is 5.32. The van der Waals surface area contributed by atoms with Crippen molar-refractivity contribution < 1.29 is 19.1 Å². The molecule has 1 fully saturated rings. The summed E-state index contributed by atoms with van der Waals surface area (Å²) in [5.74, 6) is -0.412. The lowest BCUT2D eigenvalue weighted by Crippen LogP contribution is -2.54. The Morgan fingerprint density at radius 3 is 2.94 bits per heavy atom. The Kier molecular flexibility index (Phi) is 2.08. The standard InChI is InChI=1S/C14H16O4/c1-8-3-5-13(2)11(15)9-4-6-18-10(9)7-14(8,13)12(16)17/h4,6,8H,3,5,7H2,1-2H3,(H,16,17)/t8-,13+,14+/m1/s1. The maximum Gasteiger partial charge on any atom is 0.311 e. The molecule has 0 aromatic carbocycles. The largest absolute Gasteiger partial charge is 0.481 e. The molecule has 2 aliphatic carbocycles. The molecule has 4 nitrogen and oxygen atoms in total. The molecule has 0 amide bonds. The molecule has 0 bridgehead atoms. The SMILES string of the molecule is C[C@@H]1CC[C@@]2(C)C(=O)c3ccoc3C[C@@]12C(=O)O. The number of hydrogen-bond acceptors (Lipinski definition) is 3. The molecular formula is C14H16O4. The zero-order valence-electron chi connectivity index (χ0n) is 10.5. The van der Waals surface area contributed by atoms with Crippen LogP contribution in [0.25, 0.3) is 0 Å². The van der Waals surface area contributed by atoms with E-state index in [9.17, 15) is 14.7 Å². The molecule has 2 aliphatic rings. The van der Waals surface area contributed by atoms with Crippen molar-refractivity contribution >= 4 is 11.8 Å². The number of carbonyl (C=O) groups excluding carboxylic acids is 1. The molecule has 3 atom stereocenters. The number of carbonyl (C=O) groups is 2. The number of rotatable bonds is 1. The number of ketones is 1. The van der Waals surface area contributed by atoms with Crippen molar-refractivity contribution in [1.82, 2.24) is 0 Å². The molecule has 4 heteroatoms. The first-order valence-corrected chi connectivity index (χ1v) is 6.28. The second kappa shape index (κ2) is 3.25. The summed E-state index contributed by atoms with van der Waals surface area (Å²) in [7, 11) is 0. The highest BCUT2D eigenvalue weighted by Crippen LogP contribution is 2.61. The van der Waals surface area contributed by atoms with Crippen molar-refractivity contribution in [3.63, 3.8) is 0 Å². The van der Waals surface area contributed by atoms with Gasteiger partial charge in [0.05, 0.1) is 17.2 Å². The monoisotopic (exact) mass is 248 g/mol. The van der Waals surface area contributed by atoms with E-state index in [1.54, 1.807) is 6.07 Å². The molecule has 0 unspecified atom stereocenters. The highest BCUT2D eigenvalue weighted by atomic mass is 16.4. The highest BCUT2D eigenvalue weighted by Gasteiger charge is 2.67. The Hall–Kier alpha value is -1.58. The number of Topliss-reactive ketones (excluding diaryl/α,β-unsaturated/α-hetero) is 1. The van der Waals surface area contributed by atoms with Gasteiger partial charge in [0, 0.05) is 11.8 Å². The minimum Gasteiger partial charge on any atom is -0.481 e. The van der Waals surface area contributed by atoms with E-state index in [1.165, 1.54) is 6.26 Å². The minimum atomic E-state index is -1.01. The van der Waals surface area contributed by atoms with E-state index in [-0.39, 0.29) is 11.7 Å². The van der Waals surface area contributed by atoms with Gasteiger partial charge in [0.1, 0.15) is 5.76 Å². The highest BCUT2D eigenvalue weighted by molar-refractivity contribution is 6.06. The normalized spacial score (nSPS) is 38.3. The van der Waals surface area contributed by atoms with Crippen molar-refractivity contribution in [1.29, 1.82) is 0 Å². The van der Waals surface area contributed by atoms with Crippen LogP contribution >= 0.6 is 0 Å². The van der Waals surface area contributed by atoms with E-state index in [2.05, 4.69) is 0 Å². The fourth-order valence-electron chi connectivity index (χ4n) is 3.96. The van der Waals surface area contributed by atoms with Gasteiger partial charge in [-0.05, 0) is 24.8 Å². The fourth-order valence-corrected chi connectivity index (χ4v) is 3.96. The molecule has 0 saturated heterocycles. The molecular weight excluding hydrogens is 232 g/mol. The van der Waals surface area contributed by atoms with E-state index in [1.807, 2.05) is 13.8 Å². The van der Waals surface area contributed by atoms with Gasteiger partial charge in [-0.25, -0.2) is 0 Å². The van der Waals surface area contributed by atoms with Gasteiger partial charge in [0.15, 0.2) is 5.78 Å². The van der Waals surface area contributed by atoms with Crippen LogP contribution in [0.5, 0.6) is 0 Å². The fraction of sp³-hybridized carbons (Fsp3) is 0.571. The van der Waals surface area contributed by atoms with E-state index in [0.29, 0.717) is 24.2 Å². The van der Waals surface area contributed by atoms with Crippen LogP contribution < -0.4 is 0 Å². The van der Waals surface area contributed by atoms with Gasteiger partial charge in [-0.3, -0.25) is 9.59 Å². The molecule has 1 saturated carbocycles. The Labute approximate surface area is 105 Å². The number of hydrogen-bond donors (Lipinski definition) is 1. The molecule has 96 valence electrons. The maximum absolute atomic E-state index is 12.6. The predicted octanol–water partition coefficient (Wildman–Crippen LogP) is 2.53. The molecule has 0 radical (unpaired) electrons. The summed E-state index contributed by atoms with van der Waals surface area (Å²) in [4.78, 5) is 24.5.